The van der Waals surface area contributed by atoms with Gasteiger partial charge in [-0.25, -0.2) is 0 Å². The molecule has 6 heteroatoms. The summed E-state index contributed by atoms with van der Waals surface area (Å²) >= 11 is 0. The second-order valence-electron chi connectivity index (χ2n) is 7.61. The van der Waals surface area contributed by atoms with Crippen molar-refractivity contribution < 1.29 is 9.53 Å². The van der Waals surface area contributed by atoms with Gasteiger partial charge in [0.25, 0.3) is 0 Å². The first kappa shape index (κ1) is 20.2. The fourth-order valence-corrected chi connectivity index (χ4v) is 4.02. The molecule has 1 atom stereocenters. The van der Waals surface area contributed by atoms with E-state index in [0.717, 1.165) is 51.5 Å². The molecule has 0 aliphatic carbocycles. The summed E-state index contributed by atoms with van der Waals surface area (Å²) in [5, 5.41) is 3.17. The zero-order valence-corrected chi connectivity index (χ0v) is 16.4. The van der Waals surface area contributed by atoms with Crippen LogP contribution in [-0.2, 0) is 9.53 Å². The van der Waals surface area contributed by atoms with E-state index < -0.39 is 0 Å². The Morgan fingerprint density at radius 1 is 1.11 bits per heavy atom. The van der Waals surface area contributed by atoms with Crippen LogP contribution in [0.2, 0.25) is 0 Å². The highest BCUT2D eigenvalue weighted by Crippen LogP contribution is 2.20. The van der Waals surface area contributed by atoms with Gasteiger partial charge >= 0.3 is 0 Å². The summed E-state index contributed by atoms with van der Waals surface area (Å²) in [5.74, 6) is 0.152. The van der Waals surface area contributed by atoms with Gasteiger partial charge in [0.05, 0.1) is 19.3 Å². The molecule has 0 spiro atoms. The van der Waals surface area contributed by atoms with Crippen molar-refractivity contribution in [2.45, 2.75) is 44.6 Å². The normalized spacial score (nSPS) is 21.2. The lowest BCUT2D eigenvalue weighted by atomic mass is 10.1. The predicted octanol–water partition coefficient (Wildman–Crippen LogP) is 2.23. The van der Waals surface area contributed by atoms with Gasteiger partial charge in [0.2, 0.25) is 5.91 Å². The van der Waals surface area contributed by atoms with Crippen LogP contribution in [0.1, 0.15) is 50.1 Å². The van der Waals surface area contributed by atoms with Gasteiger partial charge in [-0.2, -0.15) is 0 Å². The maximum Gasteiger partial charge on any atom is 0.221 e. The largest absolute Gasteiger partial charge is 0.379 e. The lowest BCUT2D eigenvalue weighted by Crippen LogP contribution is -2.44. The van der Waals surface area contributed by atoms with Gasteiger partial charge in [-0.05, 0) is 37.6 Å². The van der Waals surface area contributed by atoms with Crippen molar-refractivity contribution in [3.8, 4) is 0 Å². The summed E-state index contributed by atoms with van der Waals surface area (Å²) in [5.41, 5.74) is 1.16. The molecule has 150 valence electrons. The van der Waals surface area contributed by atoms with E-state index in [2.05, 4.69) is 26.2 Å². The molecule has 3 rings (SSSR count). The Labute approximate surface area is 163 Å². The molecule has 1 amide bonds. The number of hydrogen-bond acceptors (Lipinski definition) is 5. The number of ether oxygens (including phenoxy) is 1. The highest BCUT2D eigenvalue weighted by molar-refractivity contribution is 5.76. The summed E-state index contributed by atoms with van der Waals surface area (Å²) in [6.45, 7) is 7.07. The number of likely N-dealkylation sites (tertiary alicyclic amines) is 1. The van der Waals surface area contributed by atoms with E-state index in [1.54, 1.807) is 6.20 Å². The molecular formula is C21H34N4O2. The van der Waals surface area contributed by atoms with E-state index >= 15 is 0 Å². The fourth-order valence-electron chi connectivity index (χ4n) is 4.02. The number of hydrogen-bond donors (Lipinski definition) is 1. The highest BCUT2D eigenvalue weighted by atomic mass is 16.5. The minimum atomic E-state index is 0.152. The van der Waals surface area contributed by atoms with Crippen molar-refractivity contribution in [1.29, 1.82) is 0 Å². The minimum absolute atomic E-state index is 0.152. The number of morpholine rings is 1. The Morgan fingerprint density at radius 2 is 1.85 bits per heavy atom. The van der Waals surface area contributed by atoms with Crippen molar-refractivity contribution in [2.75, 3.05) is 52.5 Å². The lowest BCUT2D eigenvalue weighted by Gasteiger charge is -2.34. The predicted molar refractivity (Wildman–Crippen MR) is 107 cm³/mol. The Kier molecular flexibility index (Phi) is 8.52. The molecular weight excluding hydrogens is 340 g/mol. The van der Waals surface area contributed by atoms with Gasteiger partial charge in [0.1, 0.15) is 0 Å². The van der Waals surface area contributed by atoms with Crippen LogP contribution in [0, 0.1) is 0 Å². The number of rotatable bonds is 7. The van der Waals surface area contributed by atoms with E-state index in [1.807, 2.05) is 12.3 Å². The van der Waals surface area contributed by atoms with Crippen LogP contribution in [0.3, 0.4) is 0 Å². The van der Waals surface area contributed by atoms with Crippen LogP contribution >= 0.6 is 0 Å². The lowest BCUT2D eigenvalue weighted by molar-refractivity contribution is -0.121. The molecule has 27 heavy (non-hydrogen) atoms. The van der Waals surface area contributed by atoms with Crippen molar-refractivity contribution in [3.63, 3.8) is 0 Å². The van der Waals surface area contributed by atoms with Crippen molar-refractivity contribution >= 4 is 5.91 Å². The van der Waals surface area contributed by atoms with Gasteiger partial charge in [-0.1, -0.05) is 25.3 Å². The van der Waals surface area contributed by atoms with Crippen molar-refractivity contribution in [2.24, 2.45) is 0 Å². The molecule has 1 aromatic rings. The first-order valence-corrected chi connectivity index (χ1v) is 10.5. The monoisotopic (exact) mass is 374 g/mol. The Morgan fingerprint density at radius 3 is 2.56 bits per heavy atom. The molecule has 2 saturated heterocycles. The van der Waals surface area contributed by atoms with Crippen LogP contribution in [-0.4, -0.2) is 73.2 Å². The van der Waals surface area contributed by atoms with E-state index in [4.69, 9.17) is 4.74 Å². The summed E-state index contributed by atoms with van der Waals surface area (Å²) in [4.78, 5) is 21.6. The Balaban J connectivity index is 1.48. The smallest absolute Gasteiger partial charge is 0.221 e. The zero-order chi connectivity index (χ0) is 18.7. The summed E-state index contributed by atoms with van der Waals surface area (Å²) in [6.07, 6.45) is 10.8. The number of amides is 1. The molecule has 1 aromatic heterocycles. The quantitative estimate of drug-likeness (QED) is 0.793. The Bertz CT molecular complexity index is 540. The second kappa shape index (κ2) is 11.4. The van der Waals surface area contributed by atoms with Gasteiger partial charge < -0.3 is 15.0 Å². The van der Waals surface area contributed by atoms with Crippen LogP contribution in [0.25, 0.3) is 0 Å². The third kappa shape index (κ3) is 6.87. The third-order valence-corrected chi connectivity index (χ3v) is 5.65. The second-order valence-corrected chi connectivity index (χ2v) is 7.61. The average Bonchev–Trinajstić information content (AvgIpc) is 2.69. The highest BCUT2D eigenvalue weighted by Gasteiger charge is 2.23. The third-order valence-electron chi connectivity index (χ3n) is 5.65. The summed E-state index contributed by atoms with van der Waals surface area (Å²) < 4.78 is 5.49. The van der Waals surface area contributed by atoms with E-state index in [9.17, 15) is 4.79 Å². The number of nitrogens with one attached hydrogen (secondary N) is 1. The molecule has 0 unspecified atom stereocenters. The van der Waals surface area contributed by atoms with Crippen LogP contribution < -0.4 is 5.32 Å². The number of aromatic nitrogens is 1. The molecule has 0 radical (unpaired) electrons. The van der Waals surface area contributed by atoms with E-state index in [-0.39, 0.29) is 11.9 Å². The molecule has 2 aliphatic heterocycles. The van der Waals surface area contributed by atoms with Crippen molar-refractivity contribution in [1.82, 2.24) is 20.1 Å². The van der Waals surface area contributed by atoms with Crippen LogP contribution in [0.5, 0.6) is 0 Å². The molecule has 0 aromatic carbocycles. The summed E-state index contributed by atoms with van der Waals surface area (Å²) in [7, 11) is 0. The average molecular weight is 375 g/mol. The van der Waals surface area contributed by atoms with Crippen molar-refractivity contribution in [3.05, 3.63) is 30.1 Å². The maximum atomic E-state index is 12.5. The fraction of sp³-hybridized carbons (Fsp3) is 0.714. The molecule has 6 nitrogen and oxygen atoms in total. The SMILES string of the molecule is O=C(CCN1CCCCCCC1)NC[C@H](c1cccnc1)N1CCOCC1. The minimum Gasteiger partial charge on any atom is -0.379 e. The number of pyridine rings is 1. The van der Waals surface area contributed by atoms with Gasteiger partial charge in [-0.15, -0.1) is 0 Å². The molecule has 2 fully saturated rings. The molecule has 1 N–H and O–H groups in total. The number of carbonyl (C=O) groups excluding carboxylic acids is 1. The Hall–Kier alpha value is -1.50. The molecule has 0 saturated carbocycles. The number of carbonyl (C=O) groups is 1. The van der Waals surface area contributed by atoms with Gasteiger partial charge in [0.15, 0.2) is 0 Å². The molecule has 0 bridgehead atoms. The maximum absolute atomic E-state index is 12.5. The van der Waals surface area contributed by atoms with E-state index in [1.165, 1.54) is 32.1 Å². The first-order chi connectivity index (χ1) is 13.3. The summed E-state index contributed by atoms with van der Waals surface area (Å²) in [6, 6.07) is 4.22. The van der Waals surface area contributed by atoms with Gasteiger partial charge in [0, 0.05) is 45.0 Å². The van der Waals surface area contributed by atoms with E-state index in [0.29, 0.717) is 13.0 Å². The molecule has 3 heterocycles. The standard InChI is InChI=1S/C21H34N4O2/c26-21(8-12-24-10-4-2-1-3-5-11-24)23-18-20(19-7-6-9-22-17-19)25-13-15-27-16-14-25/h6-7,9,17,20H,1-5,8,10-16,18H2,(H,23,26)/t20-/m1/s1. The van der Waals surface area contributed by atoms with Crippen LogP contribution in [0.4, 0.5) is 0 Å². The molecule has 2 aliphatic rings. The van der Waals surface area contributed by atoms with Gasteiger partial charge in [-0.3, -0.25) is 14.7 Å². The topological polar surface area (TPSA) is 57.7 Å². The first-order valence-electron chi connectivity index (χ1n) is 10.5. The zero-order valence-electron chi connectivity index (χ0n) is 16.4. The number of nitrogens with zero attached hydrogens (tertiary/aromatic N) is 3. The van der Waals surface area contributed by atoms with Crippen LogP contribution in [0.15, 0.2) is 24.5 Å².